The summed E-state index contributed by atoms with van der Waals surface area (Å²) >= 11 is 0. The second-order valence-corrected chi connectivity index (χ2v) is 7.51. The zero-order valence-electron chi connectivity index (χ0n) is 16.3. The van der Waals surface area contributed by atoms with Gasteiger partial charge in [0.15, 0.2) is 5.82 Å². The van der Waals surface area contributed by atoms with Gasteiger partial charge in [0.1, 0.15) is 6.07 Å². The first kappa shape index (κ1) is 20.6. The van der Waals surface area contributed by atoms with Crippen LogP contribution in [0.15, 0.2) is 54.9 Å². The van der Waals surface area contributed by atoms with Crippen molar-refractivity contribution in [2.45, 2.75) is 31.5 Å². The first-order valence-corrected chi connectivity index (χ1v) is 9.66. The highest BCUT2D eigenvalue weighted by Crippen LogP contribution is 2.56. The number of hydrogen-bond donors (Lipinski definition) is 1. The molecule has 2 atom stereocenters. The van der Waals surface area contributed by atoms with Crippen LogP contribution >= 0.6 is 0 Å². The van der Waals surface area contributed by atoms with E-state index in [1.54, 1.807) is 53.3 Å². The molecule has 158 valence electrons. The Kier molecular flexibility index (Phi) is 5.46. The molecule has 3 aromatic rings. The van der Waals surface area contributed by atoms with Gasteiger partial charge in [0.25, 0.3) is 0 Å². The van der Waals surface area contributed by atoms with Crippen molar-refractivity contribution in [3.8, 4) is 6.07 Å². The molecule has 1 amide bonds. The molecular formula is C22H18F3N5O. The number of carbonyl (C=O) groups is 1. The average molecular weight is 425 g/mol. The minimum absolute atomic E-state index is 0.0949. The Balaban J connectivity index is 1.29. The number of benzene rings is 1. The third kappa shape index (κ3) is 5.09. The van der Waals surface area contributed by atoms with Crippen molar-refractivity contribution in [3.63, 3.8) is 0 Å². The van der Waals surface area contributed by atoms with E-state index in [-0.39, 0.29) is 18.7 Å². The SMILES string of the molecule is N#Cc1ccc(Cn2ccc(NC(=O)Cc3ccc([C@H]4C[C@@H]4C(F)(F)F)cc3)n2)nc1. The van der Waals surface area contributed by atoms with E-state index in [9.17, 15) is 18.0 Å². The predicted octanol–water partition coefficient (Wildman–Crippen LogP) is 4.05. The second kappa shape index (κ2) is 8.22. The minimum atomic E-state index is -4.15. The van der Waals surface area contributed by atoms with E-state index in [1.807, 2.05) is 6.07 Å². The highest BCUT2D eigenvalue weighted by Gasteiger charge is 2.55. The van der Waals surface area contributed by atoms with Crippen LogP contribution < -0.4 is 5.32 Å². The summed E-state index contributed by atoms with van der Waals surface area (Å²) in [5.41, 5.74) is 2.57. The van der Waals surface area contributed by atoms with Crippen molar-refractivity contribution in [3.05, 3.63) is 77.2 Å². The van der Waals surface area contributed by atoms with Crippen LogP contribution in [0.2, 0.25) is 0 Å². The fourth-order valence-electron chi connectivity index (χ4n) is 3.45. The molecule has 2 aromatic heterocycles. The first-order valence-electron chi connectivity index (χ1n) is 9.66. The largest absolute Gasteiger partial charge is 0.392 e. The van der Waals surface area contributed by atoms with Gasteiger partial charge < -0.3 is 5.32 Å². The Morgan fingerprint density at radius 2 is 1.97 bits per heavy atom. The molecule has 0 bridgehead atoms. The highest BCUT2D eigenvalue weighted by atomic mass is 19.4. The van der Waals surface area contributed by atoms with E-state index < -0.39 is 18.0 Å². The van der Waals surface area contributed by atoms with Gasteiger partial charge in [-0.05, 0) is 35.6 Å². The molecule has 31 heavy (non-hydrogen) atoms. The Hall–Kier alpha value is -3.67. The monoisotopic (exact) mass is 425 g/mol. The van der Waals surface area contributed by atoms with Crippen LogP contribution in [0.5, 0.6) is 0 Å². The molecule has 1 saturated carbocycles. The number of pyridine rings is 1. The number of nitrogens with zero attached hydrogens (tertiary/aromatic N) is 4. The van der Waals surface area contributed by atoms with Crippen molar-refractivity contribution in [1.82, 2.24) is 14.8 Å². The number of nitrogens with one attached hydrogen (secondary N) is 1. The second-order valence-electron chi connectivity index (χ2n) is 7.51. The molecule has 0 aliphatic heterocycles. The summed E-state index contributed by atoms with van der Waals surface area (Å²) in [6.45, 7) is 0.392. The van der Waals surface area contributed by atoms with Gasteiger partial charge in [-0.3, -0.25) is 14.5 Å². The lowest BCUT2D eigenvalue weighted by atomic mass is 10.0. The van der Waals surface area contributed by atoms with Crippen molar-refractivity contribution in [2.24, 2.45) is 5.92 Å². The normalized spacial score (nSPS) is 17.7. The molecule has 1 aliphatic rings. The molecule has 1 fully saturated rings. The van der Waals surface area contributed by atoms with Gasteiger partial charge in [0.2, 0.25) is 5.91 Å². The summed E-state index contributed by atoms with van der Waals surface area (Å²) in [5, 5.41) is 15.8. The smallest absolute Gasteiger partial charge is 0.309 e. The summed E-state index contributed by atoms with van der Waals surface area (Å²) in [6.07, 6.45) is -0.735. The molecular weight excluding hydrogens is 407 g/mol. The standard InChI is InChI=1S/C22H18F3N5O/c23-22(24,25)19-10-18(19)16-4-1-14(2-5-16)9-21(31)28-20-7-8-30(29-20)13-17-6-3-15(11-26)12-27-17/h1-8,12,18-19H,9-10,13H2,(H,28,29,31)/t18-,19+/m1/s1. The van der Waals surface area contributed by atoms with E-state index in [2.05, 4.69) is 15.4 Å². The average Bonchev–Trinajstić information content (AvgIpc) is 3.45. The van der Waals surface area contributed by atoms with Gasteiger partial charge in [-0.25, -0.2) is 0 Å². The number of carbonyl (C=O) groups excluding carboxylic acids is 1. The lowest BCUT2D eigenvalue weighted by Crippen LogP contribution is -2.15. The quantitative estimate of drug-likeness (QED) is 0.646. The molecule has 9 heteroatoms. The molecule has 0 unspecified atom stereocenters. The Morgan fingerprint density at radius 3 is 2.58 bits per heavy atom. The Morgan fingerprint density at radius 1 is 1.19 bits per heavy atom. The Bertz CT molecular complexity index is 1110. The molecule has 2 heterocycles. The van der Waals surface area contributed by atoms with Gasteiger partial charge in [-0.2, -0.15) is 23.5 Å². The van der Waals surface area contributed by atoms with Crippen LogP contribution in [0, 0.1) is 17.2 Å². The number of hydrogen-bond acceptors (Lipinski definition) is 4. The van der Waals surface area contributed by atoms with Crippen LogP contribution in [0.25, 0.3) is 0 Å². The van der Waals surface area contributed by atoms with Gasteiger partial charge in [0, 0.05) is 18.5 Å². The fraction of sp³-hybridized carbons (Fsp3) is 0.273. The number of aromatic nitrogens is 3. The van der Waals surface area contributed by atoms with Gasteiger partial charge in [-0.1, -0.05) is 24.3 Å². The molecule has 1 aliphatic carbocycles. The molecule has 6 nitrogen and oxygen atoms in total. The summed E-state index contributed by atoms with van der Waals surface area (Å²) in [6, 6.07) is 13.8. The van der Waals surface area contributed by atoms with E-state index in [4.69, 9.17) is 5.26 Å². The first-order chi connectivity index (χ1) is 14.8. The maximum atomic E-state index is 12.7. The van der Waals surface area contributed by atoms with Crippen LogP contribution in [0.4, 0.5) is 19.0 Å². The zero-order valence-corrected chi connectivity index (χ0v) is 16.3. The third-order valence-corrected chi connectivity index (χ3v) is 5.17. The maximum Gasteiger partial charge on any atom is 0.392 e. The maximum absolute atomic E-state index is 12.7. The number of anilines is 1. The lowest BCUT2D eigenvalue weighted by Gasteiger charge is -2.07. The predicted molar refractivity (Wildman–Crippen MR) is 106 cm³/mol. The number of amides is 1. The molecule has 0 radical (unpaired) electrons. The van der Waals surface area contributed by atoms with E-state index in [0.29, 0.717) is 29.1 Å². The molecule has 0 spiro atoms. The highest BCUT2D eigenvalue weighted by molar-refractivity contribution is 5.91. The van der Waals surface area contributed by atoms with Crippen LogP contribution in [0.3, 0.4) is 0 Å². The van der Waals surface area contributed by atoms with Gasteiger partial charge >= 0.3 is 6.18 Å². The molecule has 0 saturated heterocycles. The molecule has 1 aromatic carbocycles. The van der Waals surface area contributed by atoms with Crippen molar-refractivity contribution >= 4 is 11.7 Å². The van der Waals surface area contributed by atoms with E-state index in [1.165, 1.54) is 6.20 Å². The minimum Gasteiger partial charge on any atom is -0.309 e. The van der Waals surface area contributed by atoms with Crippen molar-refractivity contribution < 1.29 is 18.0 Å². The number of alkyl halides is 3. The number of rotatable bonds is 6. The summed E-state index contributed by atoms with van der Waals surface area (Å²) in [7, 11) is 0. The van der Waals surface area contributed by atoms with Gasteiger partial charge in [-0.15, -0.1) is 0 Å². The van der Waals surface area contributed by atoms with Crippen molar-refractivity contribution in [2.75, 3.05) is 5.32 Å². The summed E-state index contributed by atoms with van der Waals surface area (Å²) in [5.74, 6) is -1.61. The summed E-state index contributed by atoms with van der Waals surface area (Å²) in [4.78, 5) is 16.5. The fourth-order valence-corrected chi connectivity index (χ4v) is 3.45. The van der Waals surface area contributed by atoms with E-state index in [0.717, 1.165) is 5.69 Å². The third-order valence-electron chi connectivity index (χ3n) is 5.17. The lowest BCUT2D eigenvalue weighted by molar-refractivity contribution is -0.148. The molecule has 4 rings (SSSR count). The number of nitriles is 1. The topological polar surface area (TPSA) is 83.6 Å². The Labute approximate surface area is 176 Å². The van der Waals surface area contributed by atoms with Crippen molar-refractivity contribution in [1.29, 1.82) is 5.26 Å². The van der Waals surface area contributed by atoms with Crippen LogP contribution in [-0.2, 0) is 17.8 Å². The van der Waals surface area contributed by atoms with Crippen LogP contribution in [0.1, 0.15) is 34.7 Å². The summed E-state index contributed by atoms with van der Waals surface area (Å²) < 4.78 is 39.8. The number of halogens is 3. The van der Waals surface area contributed by atoms with Gasteiger partial charge in [0.05, 0.1) is 30.1 Å². The zero-order chi connectivity index (χ0) is 22.0. The van der Waals surface area contributed by atoms with E-state index >= 15 is 0 Å². The molecule has 1 N–H and O–H groups in total. The van der Waals surface area contributed by atoms with Crippen LogP contribution in [-0.4, -0.2) is 26.8 Å².